The van der Waals surface area contributed by atoms with Gasteiger partial charge in [-0.15, -0.1) is 0 Å². The van der Waals surface area contributed by atoms with Crippen molar-refractivity contribution in [1.29, 1.82) is 0 Å². The molecule has 4 N–H and O–H groups in total. The van der Waals surface area contributed by atoms with Gasteiger partial charge in [-0.2, -0.15) is 0 Å². The summed E-state index contributed by atoms with van der Waals surface area (Å²) in [5.74, 6) is 0. The van der Waals surface area contributed by atoms with Crippen LogP contribution in [-0.4, -0.2) is 34.7 Å². The minimum absolute atomic E-state index is 0. The molecule has 0 aromatic carbocycles. The van der Waals surface area contributed by atoms with Gasteiger partial charge in [-0.1, -0.05) is 0 Å². The first-order valence-electron chi connectivity index (χ1n) is 1.50. The molecule has 0 rings (SSSR count). The molecule has 0 saturated heterocycles. The summed E-state index contributed by atoms with van der Waals surface area (Å²) in [4.78, 5) is 0. The molecule has 0 amide bonds. The minimum atomic E-state index is -2.67. The molecule has 0 aliphatic heterocycles. The summed E-state index contributed by atoms with van der Waals surface area (Å²) in [6, 6.07) is 0. The maximum Gasteiger partial charge on any atom is 1.00 e. The first-order chi connectivity index (χ1) is 3.46. The molecule has 0 unspecified atom stereocenters. The molecule has 6 nitrogen and oxygen atoms in total. The average molecular weight is 340 g/mol. The molecule has 10 heteroatoms. The Balaban J connectivity index is -0.0000000300. The van der Waals surface area contributed by atoms with Crippen LogP contribution in [0, 0.1) is 0 Å². The third kappa shape index (κ3) is 96.6. The van der Waals surface area contributed by atoms with E-state index < -0.39 is 14.6 Å². The van der Waals surface area contributed by atoms with Gasteiger partial charge in [0, 0.05) is 0 Å². The third-order valence-corrected chi connectivity index (χ3v) is 0. The normalized spacial score (nSPS) is 5.40. The van der Waals surface area contributed by atoms with Crippen LogP contribution in [0.25, 0.3) is 0 Å². The van der Waals surface area contributed by atoms with E-state index in [0.717, 1.165) is 0 Å². The van der Waals surface area contributed by atoms with Gasteiger partial charge in [0.2, 0.25) is 0 Å². The maximum absolute atomic E-state index is 8.53. The van der Waals surface area contributed by atoms with Crippen molar-refractivity contribution in [2.45, 2.75) is 0 Å². The van der Waals surface area contributed by atoms with Crippen LogP contribution >= 0.6 is 0 Å². The molecule has 0 aromatic rings. The van der Waals surface area contributed by atoms with Crippen LogP contribution in [0.2, 0.25) is 0 Å². The van der Waals surface area contributed by atoms with E-state index in [1.54, 1.807) is 0 Å². The Labute approximate surface area is 167 Å². The Kier molecular flexibility index (Phi) is 43.5. The quantitative estimate of drug-likeness (QED) is 0.325. The second kappa shape index (κ2) is 18.5. The van der Waals surface area contributed by atoms with Crippen LogP contribution in [0.3, 0.4) is 0 Å². The van der Waals surface area contributed by atoms with Crippen molar-refractivity contribution >= 4 is 14.6 Å². The summed E-state index contributed by atoms with van der Waals surface area (Å²) in [6.07, 6.45) is 0. The zero-order valence-corrected chi connectivity index (χ0v) is 17.0. The van der Waals surface area contributed by atoms with E-state index in [-0.39, 0.29) is 127 Å². The molecular formula is H4B2CsO6Rb. The fourth-order valence-corrected chi connectivity index (χ4v) is 0. The van der Waals surface area contributed by atoms with Crippen molar-refractivity contribution in [2.75, 3.05) is 0 Å². The van der Waals surface area contributed by atoms with Crippen LogP contribution in [-0.2, 0) is 0 Å². The van der Waals surface area contributed by atoms with Crippen LogP contribution < -0.4 is 137 Å². The molecule has 0 heterocycles. The molecule has 0 bridgehead atoms. The van der Waals surface area contributed by atoms with Crippen LogP contribution in [0.1, 0.15) is 0 Å². The topological polar surface area (TPSA) is 127 Å². The first-order valence-corrected chi connectivity index (χ1v) is 1.50. The van der Waals surface area contributed by atoms with E-state index >= 15 is 0 Å². The van der Waals surface area contributed by atoms with Gasteiger partial charge in [0.1, 0.15) is 0 Å². The van der Waals surface area contributed by atoms with Gasteiger partial charge >= 0.3 is 134 Å². The first kappa shape index (κ1) is 23.5. The van der Waals surface area contributed by atoms with Crippen molar-refractivity contribution in [2.24, 2.45) is 0 Å². The van der Waals surface area contributed by atoms with E-state index in [1.807, 2.05) is 0 Å². The van der Waals surface area contributed by atoms with Crippen LogP contribution in [0.4, 0.5) is 0 Å². The minimum Gasteiger partial charge on any atom is -0.871 e. The zero-order valence-electron chi connectivity index (χ0n) is 5.76. The molecule has 0 saturated carbocycles. The Morgan fingerprint density at radius 2 is 0.900 bits per heavy atom. The van der Waals surface area contributed by atoms with E-state index in [1.165, 1.54) is 0 Å². The molecule has 0 radical (unpaired) electrons. The summed E-state index contributed by atoms with van der Waals surface area (Å²) in [5, 5.41) is 45.5. The molecule has 0 aliphatic carbocycles. The summed E-state index contributed by atoms with van der Waals surface area (Å²) < 4.78 is 0. The smallest absolute Gasteiger partial charge is 0.871 e. The maximum atomic E-state index is 8.53. The number of hydrogen-bond donors (Lipinski definition) is 4. The van der Waals surface area contributed by atoms with E-state index in [9.17, 15) is 0 Å². The number of rotatable bonds is 0. The molecule has 0 spiro atoms. The summed E-state index contributed by atoms with van der Waals surface area (Å²) in [6.45, 7) is 0. The molecule has 48 valence electrons. The van der Waals surface area contributed by atoms with Gasteiger partial charge in [0.15, 0.2) is 0 Å². The second-order valence-corrected chi connectivity index (χ2v) is 0.653. The monoisotopic (exact) mass is 340 g/mol. The molecule has 10 heavy (non-hydrogen) atoms. The average Bonchev–Trinajstić information content (AvgIpc) is 1.25. The Morgan fingerprint density at radius 3 is 0.900 bits per heavy atom. The summed E-state index contributed by atoms with van der Waals surface area (Å²) in [5.41, 5.74) is 0. The fraction of sp³-hybridized carbons (Fsp3) is 0. The van der Waals surface area contributed by atoms with Crippen molar-refractivity contribution in [3.63, 3.8) is 0 Å². The van der Waals surface area contributed by atoms with Crippen molar-refractivity contribution < 1.29 is 157 Å². The predicted octanol–water partition coefficient (Wildman–Crippen LogP) is -11.4. The van der Waals surface area contributed by atoms with Gasteiger partial charge in [0.25, 0.3) is 0 Å². The Bertz CT molecular complexity index is 31.2. The molecule has 0 fully saturated rings. The Hall–Kier alpha value is 3.75. The van der Waals surface area contributed by atoms with E-state index in [4.69, 9.17) is 30.1 Å². The molecular weight excluding hydrogens is 336 g/mol. The van der Waals surface area contributed by atoms with Gasteiger partial charge in [-0.05, 0) is 0 Å². The molecule has 0 atom stereocenters. The van der Waals surface area contributed by atoms with E-state index in [0.29, 0.717) is 0 Å². The summed E-state index contributed by atoms with van der Waals surface area (Å²) >= 11 is 0. The molecule has 0 aromatic heterocycles. The van der Waals surface area contributed by atoms with Crippen molar-refractivity contribution in [3.8, 4) is 0 Å². The fourth-order valence-electron chi connectivity index (χ4n) is 0. The standard InChI is InChI=1S/BH3O3.BHO3.Cs.Rb/c2*2-1(3)4;;/h2-4H;2H;;/q;-2;2*+1. The van der Waals surface area contributed by atoms with Gasteiger partial charge in [-0.25, -0.2) is 0 Å². The molecule has 0 aliphatic rings. The number of hydrogen-bond acceptors (Lipinski definition) is 6. The third-order valence-electron chi connectivity index (χ3n) is 0. The predicted molar refractivity (Wildman–Crippen MR) is 20.4 cm³/mol. The summed E-state index contributed by atoms with van der Waals surface area (Å²) in [7, 11) is -4.83. The van der Waals surface area contributed by atoms with Gasteiger partial charge in [0.05, 0.1) is 7.32 Å². The van der Waals surface area contributed by atoms with E-state index in [2.05, 4.69) is 0 Å². The van der Waals surface area contributed by atoms with Gasteiger partial charge in [-0.3, -0.25) is 0 Å². The van der Waals surface area contributed by atoms with Crippen molar-refractivity contribution in [1.82, 2.24) is 0 Å². The largest absolute Gasteiger partial charge is 1.00 e. The van der Waals surface area contributed by atoms with Crippen LogP contribution in [0.5, 0.6) is 0 Å². The Morgan fingerprint density at radius 1 is 0.900 bits per heavy atom. The zero-order chi connectivity index (χ0) is 7.15. The second-order valence-electron chi connectivity index (χ2n) is 0.653. The van der Waals surface area contributed by atoms with Gasteiger partial charge < -0.3 is 30.1 Å². The van der Waals surface area contributed by atoms with Crippen molar-refractivity contribution in [3.05, 3.63) is 0 Å². The van der Waals surface area contributed by atoms with Crippen LogP contribution in [0.15, 0.2) is 0 Å². The SMILES string of the molecule is OB(O)O.[Cs+].[O-]B([O-])O.[Rb+].